The number of halogens is 1. The maximum atomic E-state index is 13.5. The van der Waals surface area contributed by atoms with Gasteiger partial charge in [0, 0.05) is 17.1 Å². The molecule has 0 fully saturated rings. The molecular weight excluding hydrogens is 369 g/mol. The van der Waals surface area contributed by atoms with E-state index in [-0.39, 0.29) is 36.7 Å². The Bertz CT molecular complexity index is 839. The Hall–Kier alpha value is -2.48. The highest BCUT2D eigenvalue weighted by atomic mass is 32.1. The van der Waals surface area contributed by atoms with Crippen molar-refractivity contribution in [1.29, 1.82) is 0 Å². The summed E-state index contributed by atoms with van der Waals surface area (Å²) >= 11 is 1.27. The van der Waals surface area contributed by atoms with Crippen molar-refractivity contribution in [3.8, 4) is 0 Å². The van der Waals surface area contributed by atoms with E-state index in [0.29, 0.717) is 17.4 Å². The van der Waals surface area contributed by atoms with Crippen LogP contribution in [0.1, 0.15) is 31.5 Å². The number of nitrogens with zero attached hydrogens (tertiary/aromatic N) is 2. The van der Waals surface area contributed by atoms with Crippen LogP contribution in [0.4, 0.5) is 15.2 Å². The Labute approximate surface area is 161 Å². The second-order valence-electron chi connectivity index (χ2n) is 6.46. The molecule has 6 nitrogen and oxygen atoms in total. The molecule has 0 aliphatic carbocycles. The molecule has 0 saturated heterocycles. The summed E-state index contributed by atoms with van der Waals surface area (Å²) in [6, 6.07) is 4.87. The van der Waals surface area contributed by atoms with Crippen LogP contribution in [0.25, 0.3) is 0 Å². The highest BCUT2D eigenvalue weighted by molar-refractivity contribution is 7.13. The highest BCUT2D eigenvalue weighted by Crippen LogP contribution is 2.31. The number of aryl methyl sites for hydroxylation is 1. The largest absolute Gasteiger partial charge is 0.466 e. The van der Waals surface area contributed by atoms with Gasteiger partial charge in [-0.15, -0.1) is 11.3 Å². The van der Waals surface area contributed by atoms with Crippen molar-refractivity contribution >= 4 is 34.0 Å². The number of thiazole rings is 1. The van der Waals surface area contributed by atoms with E-state index >= 15 is 0 Å². The number of ether oxygens (including phenoxy) is 1. The molecular formula is C19H22FN3O3S. The summed E-state index contributed by atoms with van der Waals surface area (Å²) in [5.74, 6) is -0.799. The normalized spacial score (nSPS) is 16.0. The molecule has 1 aromatic carbocycles. The number of amides is 1. The molecule has 3 rings (SSSR count). The van der Waals surface area contributed by atoms with Crippen molar-refractivity contribution in [2.75, 3.05) is 23.4 Å². The minimum Gasteiger partial charge on any atom is -0.466 e. The van der Waals surface area contributed by atoms with Gasteiger partial charge in [0.05, 0.1) is 25.3 Å². The van der Waals surface area contributed by atoms with Crippen molar-refractivity contribution in [2.24, 2.45) is 0 Å². The predicted molar refractivity (Wildman–Crippen MR) is 103 cm³/mol. The van der Waals surface area contributed by atoms with Gasteiger partial charge in [-0.05, 0) is 50.5 Å². The van der Waals surface area contributed by atoms with Crippen LogP contribution < -0.4 is 10.2 Å². The van der Waals surface area contributed by atoms with Gasteiger partial charge in [-0.1, -0.05) is 0 Å². The molecule has 1 amide bonds. The SMILES string of the molecule is CCOC(=O)Cc1csc(NC(=O)CN2c3ccc(F)cc3CCC2C)n1. The molecule has 0 bridgehead atoms. The summed E-state index contributed by atoms with van der Waals surface area (Å²) in [5.41, 5.74) is 2.39. The third kappa shape index (κ3) is 4.82. The third-order valence-corrected chi connectivity index (χ3v) is 5.26. The number of fused-ring (bicyclic) bond motifs is 1. The Kier molecular flexibility index (Phi) is 6.05. The minimum atomic E-state index is -0.341. The van der Waals surface area contributed by atoms with E-state index in [0.717, 1.165) is 24.1 Å². The molecule has 0 spiro atoms. The lowest BCUT2D eigenvalue weighted by Crippen LogP contribution is -2.42. The average Bonchev–Trinajstić information content (AvgIpc) is 3.04. The minimum absolute atomic E-state index is 0.0856. The van der Waals surface area contributed by atoms with Gasteiger partial charge in [0.1, 0.15) is 5.82 Å². The van der Waals surface area contributed by atoms with Crippen LogP contribution in [0.2, 0.25) is 0 Å². The number of nitrogens with one attached hydrogen (secondary N) is 1. The summed E-state index contributed by atoms with van der Waals surface area (Å²) < 4.78 is 18.4. The second-order valence-corrected chi connectivity index (χ2v) is 7.32. The van der Waals surface area contributed by atoms with Crippen molar-refractivity contribution < 1.29 is 18.7 Å². The number of aromatic nitrogens is 1. The van der Waals surface area contributed by atoms with Gasteiger partial charge in [-0.3, -0.25) is 9.59 Å². The predicted octanol–water partition coefficient (Wildman–Crippen LogP) is 3.17. The number of rotatable bonds is 6. The van der Waals surface area contributed by atoms with E-state index in [2.05, 4.69) is 17.2 Å². The van der Waals surface area contributed by atoms with Crippen LogP contribution in [0, 0.1) is 5.82 Å². The van der Waals surface area contributed by atoms with Crippen LogP contribution in [-0.2, 0) is 27.2 Å². The maximum Gasteiger partial charge on any atom is 0.311 e. The number of carbonyl (C=O) groups excluding carboxylic acids is 2. The first kappa shape index (κ1) is 19.3. The Morgan fingerprint density at radius 2 is 2.26 bits per heavy atom. The lowest BCUT2D eigenvalue weighted by Gasteiger charge is -2.36. The first-order chi connectivity index (χ1) is 13.0. The average molecular weight is 391 g/mol. The van der Waals surface area contributed by atoms with E-state index in [9.17, 15) is 14.0 Å². The van der Waals surface area contributed by atoms with E-state index in [4.69, 9.17) is 4.74 Å². The zero-order valence-corrected chi connectivity index (χ0v) is 16.1. The summed E-state index contributed by atoms with van der Waals surface area (Å²) in [4.78, 5) is 30.2. The van der Waals surface area contributed by atoms with Crippen molar-refractivity contribution in [2.45, 2.75) is 39.2 Å². The standard InChI is InChI=1S/C19H22FN3O3S/c1-3-26-18(25)9-15-11-27-19(21-15)22-17(24)10-23-12(2)4-5-13-8-14(20)6-7-16(13)23/h6-8,11-12H,3-5,9-10H2,1-2H3,(H,21,22,24). The number of esters is 1. The maximum absolute atomic E-state index is 13.5. The molecule has 144 valence electrons. The fourth-order valence-corrected chi connectivity index (χ4v) is 3.88. The van der Waals surface area contributed by atoms with Gasteiger partial charge in [0.2, 0.25) is 5.91 Å². The number of carbonyl (C=O) groups is 2. The molecule has 8 heteroatoms. The number of benzene rings is 1. The molecule has 1 aromatic heterocycles. The molecule has 27 heavy (non-hydrogen) atoms. The number of anilines is 2. The topological polar surface area (TPSA) is 71.5 Å². The molecule has 1 N–H and O–H groups in total. The summed E-state index contributed by atoms with van der Waals surface area (Å²) in [7, 11) is 0. The lowest BCUT2D eigenvalue weighted by molar-refractivity contribution is -0.142. The Morgan fingerprint density at radius 3 is 3.04 bits per heavy atom. The van der Waals surface area contributed by atoms with Crippen molar-refractivity contribution in [3.05, 3.63) is 40.7 Å². The van der Waals surface area contributed by atoms with E-state index in [1.165, 1.54) is 23.5 Å². The first-order valence-corrected chi connectivity index (χ1v) is 9.79. The monoisotopic (exact) mass is 391 g/mol. The Morgan fingerprint density at radius 1 is 1.44 bits per heavy atom. The van der Waals surface area contributed by atoms with Crippen molar-refractivity contribution in [1.82, 2.24) is 4.98 Å². The fourth-order valence-electron chi connectivity index (χ4n) is 3.15. The fraction of sp³-hybridized carbons (Fsp3) is 0.421. The quantitative estimate of drug-likeness (QED) is 0.766. The number of hydrogen-bond donors (Lipinski definition) is 1. The summed E-state index contributed by atoms with van der Waals surface area (Å²) in [6.07, 6.45) is 1.75. The van der Waals surface area contributed by atoms with Crippen LogP contribution >= 0.6 is 11.3 Å². The van der Waals surface area contributed by atoms with Gasteiger partial charge >= 0.3 is 5.97 Å². The van der Waals surface area contributed by atoms with Gasteiger partial charge in [0.15, 0.2) is 5.13 Å². The van der Waals surface area contributed by atoms with E-state index < -0.39 is 0 Å². The van der Waals surface area contributed by atoms with Gasteiger partial charge < -0.3 is 15.0 Å². The first-order valence-electron chi connectivity index (χ1n) is 8.91. The number of hydrogen-bond acceptors (Lipinski definition) is 6. The molecule has 1 unspecified atom stereocenters. The van der Waals surface area contributed by atoms with Crippen LogP contribution in [0.3, 0.4) is 0 Å². The van der Waals surface area contributed by atoms with Gasteiger partial charge in [-0.2, -0.15) is 0 Å². The van der Waals surface area contributed by atoms with Crippen LogP contribution in [0.5, 0.6) is 0 Å². The smallest absolute Gasteiger partial charge is 0.311 e. The van der Waals surface area contributed by atoms with Gasteiger partial charge in [0.25, 0.3) is 0 Å². The summed E-state index contributed by atoms with van der Waals surface area (Å²) in [5, 5.41) is 4.96. The molecule has 2 heterocycles. The zero-order valence-electron chi connectivity index (χ0n) is 15.3. The van der Waals surface area contributed by atoms with Crippen molar-refractivity contribution in [3.63, 3.8) is 0 Å². The van der Waals surface area contributed by atoms with Crippen LogP contribution in [0.15, 0.2) is 23.6 Å². The molecule has 2 aromatic rings. The van der Waals surface area contributed by atoms with E-state index in [1.807, 2.05) is 4.90 Å². The molecule has 0 radical (unpaired) electrons. The Balaban J connectivity index is 1.63. The molecule has 0 saturated carbocycles. The summed E-state index contributed by atoms with van der Waals surface area (Å²) in [6.45, 7) is 4.29. The van der Waals surface area contributed by atoms with Crippen LogP contribution in [-0.4, -0.2) is 36.1 Å². The second kappa shape index (κ2) is 8.47. The molecule has 1 aliphatic heterocycles. The molecule has 1 atom stereocenters. The molecule has 1 aliphatic rings. The van der Waals surface area contributed by atoms with Gasteiger partial charge in [-0.25, -0.2) is 9.37 Å². The lowest BCUT2D eigenvalue weighted by atomic mass is 9.96. The third-order valence-electron chi connectivity index (χ3n) is 4.46. The highest BCUT2D eigenvalue weighted by Gasteiger charge is 2.25. The van der Waals surface area contributed by atoms with E-state index in [1.54, 1.807) is 18.4 Å². The zero-order chi connectivity index (χ0) is 19.4.